The number of ether oxygens (including phenoxy) is 2. The van der Waals surface area contributed by atoms with E-state index in [9.17, 15) is 19.5 Å². The summed E-state index contributed by atoms with van der Waals surface area (Å²) in [4.78, 5) is 33.4. The number of aliphatic carboxylic acids is 1. The zero-order valence-electron chi connectivity index (χ0n) is 12.2. The van der Waals surface area contributed by atoms with Gasteiger partial charge in [0.05, 0.1) is 5.92 Å². The van der Waals surface area contributed by atoms with E-state index in [2.05, 4.69) is 10.1 Å². The first-order valence-corrected chi connectivity index (χ1v) is 6.97. The van der Waals surface area contributed by atoms with Crippen molar-refractivity contribution in [3.05, 3.63) is 0 Å². The van der Waals surface area contributed by atoms with Gasteiger partial charge in [0.2, 0.25) is 0 Å². The fraction of sp³-hybridized carbons (Fsp3) is 0.769. The number of aliphatic hydroxyl groups excluding tert-OH is 2. The third-order valence-electron chi connectivity index (χ3n) is 3.50. The lowest BCUT2D eigenvalue weighted by atomic mass is 9.88. The van der Waals surface area contributed by atoms with Gasteiger partial charge in [-0.05, 0) is 18.9 Å². The molecular formula is C13H21NO8. The number of carboxylic acids is 1. The van der Waals surface area contributed by atoms with Crippen molar-refractivity contribution in [2.24, 2.45) is 11.8 Å². The molecule has 0 bridgehead atoms. The van der Waals surface area contributed by atoms with E-state index in [0.29, 0.717) is 6.54 Å². The Morgan fingerprint density at radius 3 is 2.41 bits per heavy atom. The molecule has 1 saturated heterocycles. The van der Waals surface area contributed by atoms with Gasteiger partial charge in [-0.3, -0.25) is 4.79 Å². The molecule has 0 unspecified atom stereocenters. The maximum absolute atomic E-state index is 11.8. The van der Waals surface area contributed by atoms with Crippen molar-refractivity contribution in [3.8, 4) is 0 Å². The second-order valence-corrected chi connectivity index (χ2v) is 5.14. The van der Waals surface area contributed by atoms with E-state index in [4.69, 9.17) is 14.9 Å². The van der Waals surface area contributed by atoms with Crippen LogP contribution in [0, 0.1) is 11.8 Å². The zero-order valence-corrected chi connectivity index (χ0v) is 12.2. The molecule has 0 radical (unpaired) electrons. The first-order chi connectivity index (χ1) is 10.3. The van der Waals surface area contributed by atoms with Gasteiger partial charge in [-0.1, -0.05) is 6.92 Å². The first kappa shape index (κ1) is 18.3. The van der Waals surface area contributed by atoms with E-state index >= 15 is 0 Å². The number of aliphatic hydroxyl groups is 2. The first-order valence-electron chi connectivity index (χ1n) is 6.97. The molecular weight excluding hydrogens is 298 g/mol. The lowest BCUT2D eigenvalue weighted by Crippen LogP contribution is -2.41. The molecule has 0 amide bonds. The number of carboxylic acid groups (broad SMARTS) is 1. The second kappa shape index (κ2) is 8.66. The lowest BCUT2D eigenvalue weighted by molar-refractivity contribution is -0.172. The predicted octanol–water partition coefficient (Wildman–Crippen LogP) is -1.88. The van der Waals surface area contributed by atoms with E-state index in [0.717, 1.165) is 13.0 Å². The van der Waals surface area contributed by atoms with Gasteiger partial charge in [-0.15, -0.1) is 0 Å². The van der Waals surface area contributed by atoms with Crippen molar-refractivity contribution < 1.29 is 39.2 Å². The Hall–Kier alpha value is -1.71. The summed E-state index contributed by atoms with van der Waals surface area (Å²) < 4.78 is 9.51. The summed E-state index contributed by atoms with van der Waals surface area (Å²) in [5.74, 6) is -3.50. The molecule has 126 valence electrons. The number of piperidine rings is 1. The van der Waals surface area contributed by atoms with Crippen LogP contribution in [0.2, 0.25) is 0 Å². The van der Waals surface area contributed by atoms with Crippen LogP contribution in [0.3, 0.4) is 0 Å². The molecule has 1 fully saturated rings. The van der Waals surface area contributed by atoms with Crippen LogP contribution < -0.4 is 5.32 Å². The van der Waals surface area contributed by atoms with Crippen LogP contribution in [-0.4, -0.2) is 71.7 Å². The number of esters is 2. The fourth-order valence-corrected chi connectivity index (χ4v) is 2.05. The minimum Gasteiger partial charge on any atom is -0.479 e. The van der Waals surface area contributed by atoms with E-state index in [-0.39, 0.29) is 25.0 Å². The van der Waals surface area contributed by atoms with E-state index in [1.165, 1.54) is 0 Å². The second-order valence-electron chi connectivity index (χ2n) is 5.14. The number of hydrogen-bond acceptors (Lipinski definition) is 8. The highest BCUT2D eigenvalue weighted by atomic mass is 16.6. The molecule has 0 aromatic carbocycles. The molecule has 0 aromatic heterocycles. The Balaban J connectivity index is 2.25. The Morgan fingerprint density at radius 2 is 1.82 bits per heavy atom. The van der Waals surface area contributed by atoms with Gasteiger partial charge in [0, 0.05) is 6.54 Å². The SMILES string of the molecule is C[C@@H]1CCNC[C@@H]1C(=O)OCCOC(=O)[C@@H](O)[C@H](O)C(=O)O. The molecule has 9 heteroatoms. The number of nitrogens with one attached hydrogen (secondary N) is 1. The summed E-state index contributed by atoms with van der Waals surface area (Å²) in [6.07, 6.45) is -3.58. The molecule has 1 aliphatic heterocycles. The highest BCUT2D eigenvalue weighted by Crippen LogP contribution is 2.19. The van der Waals surface area contributed by atoms with Crippen LogP contribution in [0.15, 0.2) is 0 Å². The quantitative estimate of drug-likeness (QED) is 0.313. The van der Waals surface area contributed by atoms with E-state index < -0.39 is 30.1 Å². The molecule has 9 nitrogen and oxygen atoms in total. The van der Waals surface area contributed by atoms with Crippen molar-refractivity contribution in [2.45, 2.75) is 25.6 Å². The topological polar surface area (TPSA) is 142 Å². The van der Waals surface area contributed by atoms with Crippen molar-refractivity contribution in [3.63, 3.8) is 0 Å². The van der Waals surface area contributed by atoms with Crippen LogP contribution in [0.4, 0.5) is 0 Å². The largest absolute Gasteiger partial charge is 0.479 e. The third-order valence-corrected chi connectivity index (χ3v) is 3.50. The molecule has 22 heavy (non-hydrogen) atoms. The van der Waals surface area contributed by atoms with Gasteiger partial charge >= 0.3 is 17.9 Å². The summed E-state index contributed by atoms with van der Waals surface area (Å²) in [6, 6.07) is 0. The number of carbonyl (C=O) groups excluding carboxylic acids is 2. The normalized spacial score (nSPS) is 24.1. The highest BCUT2D eigenvalue weighted by Gasteiger charge is 2.32. The monoisotopic (exact) mass is 319 g/mol. The molecule has 1 aliphatic rings. The standard InChI is InChI=1S/C13H21NO8/c1-7-2-3-14-6-8(7)12(19)21-4-5-22-13(20)10(16)9(15)11(17)18/h7-10,14-16H,2-6H2,1H3,(H,17,18)/t7-,8+,9+,10+/m1/s1. The van der Waals surface area contributed by atoms with Crippen molar-refractivity contribution in [1.29, 1.82) is 0 Å². The Morgan fingerprint density at radius 1 is 1.18 bits per heavy atom. The number of carbonyl (C=O) groups is 3. The third kappa shape index (κ3) is 5.24. The van der Waals surface area contributed by atoms with Crippen molar-refractivity contribution in [1.82, 2.24) is 5.32 Å². The summed E-state index contributed by atoms with van der Waals surface area (Å²) in [5, 5.41) is 29.7. The summed E-state index contributed by atoms with van der Waals surface area (Å²) >= 11 is 0. The van der Waals surface area contributed by atoms with Gasteiger partial charge in [0.1, 0.15) is 13.2 Å². The number of hydrogen-bond donors (Lipinski definition) is 4. The molecule has 4 N–H and O–H groups in total. The summed E-state index contributed by atoms with van der Waals surface area (Å²) in [5.41, 5.74) is 0. The molecule has 4 atom stereocenters. The fourth-order valence-electron chi connectivity index (χ4n) is 2.05. The molecule has 1 rings (SSSR count). The lowest BCUT2D eigenvalue weighted by Gasteiger charge is -2.27. The van der Waals surface area contributed by atoms with Gasteiger partial charge < -0.3 is 30.1 Å². The van der Waals surface area contributed by atoms with Gasteiger partial charge in [-0.2, -0.15) is 0 Å². The molecule has 1 heterocycles. The predicted molar refractivity (Wildman–Crippen MR) is 71.7 cm³/mol. The Bertz CT molecular complexity index is 413. The van der Waals surface area contributed by atoms with E-state index in [1.807, 2.05) is 6.92 Å². The minimum atomic E-state index is -2.26. The maximum atomic E-state index is 11.8. The van der Waals surface area contributed by atoms with Gasteiger partial charge in [0.25, 0.3) is 0 Å². The number of rotatable bonds is 7. The smallest absolute Gasteiger partial charge is 0.338 e. The molecule has 0 aromatic rings. The van der Waals surface area contributed by atoms with Crippen LogP contribution in [0.25, 0.3) is 0 Å². The van der Waals surface area contributed by atoms with Crippen LogP contribution in [-0.2, 0) is 23.9 Å². The van der Waals surface area contributed by atoms with Gasteiger partial charge in [0.15, 0.2) is 12.2 Å². The maximum Gasteiger partial charge on any atom is 0.338 e. The zero-order chi connectivity index (χ0) is 16.7. The van der Waals surface area contributed by atoms with Crippen LogP contribution in [0.1, 0.15) is 13.3 Å². The van der Waals surface area contributed by atoms with Gasteiger partial charge in [-0.25, -0.2) is 9.59 Å². The average Bonchev–Trinajstić information content (AvgIpc) is 2.49. The van der Waals surface area contributed by atoms with E-state index in [1.54, 1.807) is 0 Å². The minimum absolute atomic E-state index is 0.198. The molecule has 0 aliphatic carbocycles. The average molecular weight is 319 g/mol. The van der Waals surface area contributed by atoms with Crippen LogP contribution >= 0.6 is 0 Å². The summed E-state index contributed by atoms with van der Waals surface area (Å²) in [6.45, 7) is 2.80. The molecule has 0 spiro atoms. The van der Waals surface area contributed by atoms with Crippen molar-refractivity contribution >= 4 is 17.9 Å². The molecule has 0 saturated carbocycles. The van der Waals surface area contributed by atoms with Crippen molar-refractivity contribution in [2.75, 3.05) is 26.3 Å². The Labute approximate surface area is 127 Å². The highest BCUT2D eigenvalue weighted by molar-refractivity contribution is 5.84. The van der Waals surface area contributed by atoms with Crippen LogP contribution in [0.5, 0.6) is 0 Å². The Kier molecular flexibility index (Phi) is 7.22. The summed E-state index contributed by atoms with van der Waals surface area (Å²) in [7, 11) is 0.